The molecule has 1 aromatic carbocycles. The van der Waals surface area contributed by atoms with Crippen LogP contribution in [0.25, 0.3) is 0 Å². The van der Waals surface area contributed by atoms with Gasteiger partial charge in [-0.1, -0.05) is 12.1 Å². The number of alkyl halides is 3. The molecule has 9 heteroatoms. The van der Waals surface area contributed by atoms with E-state index in [0.717, 1.165) is 4.90 Å². The summed E-state index contributed by atoms with van der Waals surface area (Å²) < 4.78 is 42.5. The lowest BCUT2D eigenvalue weighted by Crippen LogP contribution is -2.48. The SMILES string of the molecule is COc1ccc(C(O)CN(C)C(=O)C2CCN(C(=O)C(F)(F)F)CC2)cc1. The van der Waals surface area contributed by atoms with Gasteiger partial charge in [0.2, 0.25) is 5.91 Å². The van der Waals surface area contributed by atoms with Crippen LogP contribution in [0.15, 0.2) is 24.3 Å². The van der Waals surface area contributed by atoms with Gasteiger partial charge in [0, 0.05) is 26.1 Å². The van der Waals surface area contributed by atoms with Gasteiger partial charge in [-0.15, -0.1) is 0 Å². The summed E-state index contributed by atoms with van der Waals surface area (Å²) in [6.45, 7) is -0.153. The van der Waals surface area contributed by atoms with Gasteiger partial charge in [-0.3, -0.25) is 9.59 Å². The summed E-state index contributed by atoms with van der Waals surface area (Å²) in [6.07, 6.45) is -5.44. The number of hydrogen-bond acceptors (Lipinski definition) is 4. The Labute approximate surface area is 155 Å². The Kier molecular flexibility index (Phi) is 6.69. The minimum atomic E-state index is -4.89. The van der Waals surface area contributed by atoms with E-state index in [0.29, 0.717) is 11.3 Å². The third-order valence-electron chi connectivity index (χ3n) is 4.70. The number of likely N-dealkylation sites (tertiary alicyclic amines) is 1. The van der Waals surface area contributed by atoms with Gasteiger partial charge >= 0.3 is 12.1 Å². The number of aliphatic hydroxyl groups is 1. The van der Waals surface area contributed by atoms with Crippen molar-refractivity contribution in [3.8, 4) is 5.75 Å². The zero-order valence-electron chi connectivity index (χ0n) is 15.2. The van der Waals surface area contributed by atoms with Crippen molar-refractivity contribution in [3.63, 3.8) is 0 Å². The number of hydrogen-bond donors (Lipinski definition) is 1. The van der Waals surface area contributed by atoms with Crippen molar-refractivity contribution in [3.05, 3.63) is 29.8 Å². The zero-order valence-corrected chi connectivity index (χ0v) is 15.2. The quantitative estimate of drug-likeness (QED) is 0.838. The number of benzene rings is 1. The zero-order chi connectivity index (χ0) is 20.2. The molecular weight excluding hydrogens is 365 g/mol. The van der Waals surface area contributed by atoms with Crippen LogP contribution in [0.3, 0.4) is 0 Å². The molecule has 0 radical (unpaired) electrons. The standard InChI is InChI=1S/C18H23F3N2O4/c1-22(11-15(24)12-3-5-14(27-2)6-4-12)16(25)13-7-9-23(10-8-13)17(26)18(19,20)21/h3-6,13,15,24H,7-11H2,1-2H3. The molecule has 6 nitrogen and oxygen atoms in total. The molecule has 0 spiro atoms. The molecule has 2 amide bonds. The molecular formula is C18H23F3N2O4. The van der Waals surface area contributed by atoms with Crippen LogP contribution >= 0.6 is 0 Å². The molecule has 0 aromatic heterocycles. The van der Waals surface area contributed by atoms with Crippen LogP contribution in [0.5, 0.6) is 5.75 Å². The number of nitrogens with zero attached hydrogens (tertiary/aromatic N) is 2. The van der Waals surface area contributed by atoms with Crippen molar-refractivity contribution in [1.82, 2.24) is 9.80 Å². The Balaban J connectivity index is 1.87. The Hall–Kier alpha value is -2.29. The molecule has 1 aliphatic rings. The monoisotopic (exact) mass is 388 g/mol. The number of likely N-dealkylation sites (N-methyl/N-ethyl adjacent to an activating group) is 1. The molecule has 0 bridgehead atoms. The average Bonchev–Trinajstić information content (AvgIpc) is 2.66. The Morgan fingerprint density at radius 2 is 1.81 bits per heavy atom. The van der Waals surface area contributed by atoms with Gasteiger partial charge in [-0.05, 0) is 30.5 Å². The van der Waals surface area contributed by atoms with Gasteiger partial charge in [0.25, 0.3) is 0 Å². The highest BCUT2D eigenvalue weighted by molar-refractivity contribution is 5.83. The van der Waals surface area contributed by atoms with Gasteiger partial charge < -0.3 is 19.6 Å². The van der Waals surface area contributed by atoms with E-state index in [2.05, 4.69) is 0 Å². The molecule has 27 heavy (non-hydrogen) atoms. The highest BCUT2D eigenvalue weighted by Crippen LogP contribution is 2.25. The molecule has 1 aromatic rings. The molecule has 1 aliphatic heterocycles. The third-order valence-corrected chi connectivity index (χ3v) is 4.70. The van der Waals surface area contributed by atoms with Crippen molar-refractivity contribution in [2.75, 3.05) is 33.8 Å². The van der Waals surface area contributed by atoms with E-state index in [-0.39, 0.29) is 38.4 Å². The first-order valence-corrected chi connectivity index (χ1v) is 8.56. The fraction of sp³-hybridized carbons (Fsp3) is 0.556. The average molecular weight is 388 g/mol. The molecule has 0 saturated carbocycles. The maximum atomic E-state index is 12.5. The molecule has 150 valence electrons. The first kappa shape index (κ1) is 21.0. The van der Waals surface area contributed by atoms with Crippen molar-refractivity contribution in [1.29, 1.82) is 0 Å². The first-order valence-electron chi connectivity index (χ1n) is 8.56. The number of piperidine rings is 1. The Morgan fingerprint density at radius 1 is 1.26 bits per heavy atom. The van der Waals surface area contributed by atoms with Crippen molar-refractivity contribution in [2.45, 2.75) is 25.1 Å². The van der Waals surface area contributed by atoms with E-state index in [1.165, 1.54) is 12.0 Å². The van der Waals surface area contributed by atoms with Crippen LogP contribution in [0, 0.1) is 5.92 Å². The Morgan fingerprint density at radius 3 is 2.30 bits per heavy atom. The van der Waals surface area contributed by atoms with Gasteiger partial charge in [0.15, 0.2) is 0 Å². The van der Waals surface area contributed by atoms with Gasteiger partial charge in [-0.25, -0.2) is 0 Å². The van der Waals surface area contributed by atoms with Crippen LogP contribution < -0.4 is 4.74 Å². The summed E-state index contributed by atoms with van der Waals surface area (Å²) >= 11 is 0. The van der Waals surface area contributed by atoms with E-state index in [1.54, 1.807) is 31.3 Å². The molecule has 1 N–H and O–H groups in total. The van der Waals surface area contributed by atoms with Crippen molar-refractivity contribution >= 4 is 11.8 Å². The molecule has 1 fully saturated rings. The molecule has 2 rings (SSSR count). The predicted octanol–water partition coefficient (Wildman–Crippen LogP) is 1.99. The normalized spacial score (nSPS) is 16.7. The van der Waals surface area contributed by atoms with Crippen LogP contribution in [0.4, 0.5) is 13.2 Å². The lowest BCUT2D eigenvalue weighted by Gasteiger charge is -2.34. The number of halogens is 3. The number of aliphatic hydroxyl groups excluding tert-OH is 1. The minimum absolute atomic E-state index is 0.0624. The smallest absolute Gasteiger partial charge is 0.471 e. The number of methoxy groups -OCH3 is 1. The van der Waals surface area contributed by atoms with Gasteiger partial charge in [0.1, 0.15) is 5.75 Å². The highest BCUT2D eigenvalue weighted by Gasteiger charge is 2.43. The number of carbonyl (C=O) groups excluding carboxylic acids is 2. The molecule has 1 heterocycles. The summed E-state index contributed by atoms with van der Waals surface area (Å²) in [5.74, 6) is -1.93. The second-order valence-electron chi connectivity index (χ2n) is 6.57. The lowest BCUT2D eigenvalue weighted by molar-refractivity contribution is -0.187. The second-order valence-corrected chi connectivity index (χ2v) is 6.57. The fourth-order valence-corrected chi connectivity index (χ4v) is 3.10. The van der Waals surface area contributed by atoms with Crippen molar-refractivity contribution in [2.24, 2.45) is 5.92 Å². The van der Waals surface area contributed by atoms with Crippen LogP contribution in [0.1, 0.15) is 24.5 Å². The van der Waals surface area contributed by atoms with Crippen molar-refractivity contribution < 1.29 is 32.6 Å². The van der Waals surface area contributed by atoms with E-state index in [1.807, 2.05) is 0 Å². The summed E-state index contributed by atoms with van der Waals surface area (Å²) in [4.78, 5) is 25.9. The summed E-state index contributed by atoms with van der Waals surface area (Å²) in [6, 6.07) is 6.80. The minimum Gasteiger partial charge on any atom is -0.497 e. The predicted molar refractivity (Wildman–Crippen MR) is 90.9 cm³/mol. The topological polar surface area (TPSA) is 70.1 Å². The number of carbonyl (C=O) groups is 2. The van der Waals surface area contributed by atoms with Crippen LogP contribution in [-0.4, -0.2) is 66.7 Å². The largest absolute Gasteiger partial charge is 0.497 e. The fourth-order valence-electron chi connectivity index (χ4n) is 3.10. The van der Waals surface area contributed by atoms with E-state index >= 15 is 0 Å². The summed E-state index contributed by atoms with van der Waals surface area (Å²) in [7, 11) is 3.08. The number of rotatable bonds is 5. The highest BCUT2D eigenvalue weighted by atomic mass is 19.4. The second kappa shape index (κ2) is 8.60. The Bertz CT molecular complexity index is 656. The third kappa shape index (κ3) is 5.35. The van der Waals surface area contributed by atoms with E-state index in [4.69, 9.17) is 4.74 Å². The summed E-state index contributed by atoms with van der Waals surface area (Å²) in [5.41, 5.74) is 0.626. The number of amides is 2. The maximum absolute atomic E-state index is 12.5. The van der Waals surface area contributed by atoms with E-state index < -0.39 is 24.1 Å². The molecule has 1 atom stereocenters. The van der Waals surface area contributed by atoms with Gasteiger partial charge in [-0.2, -0.15) is 13.2 Å². The van der Waals surface area contributed by atoms with E-state index in [9.17, 15) is 27.9 Å². The summed E-state index contributed by atoms with van der Waals surface area (Å²) in [5, 5.41) is 10.3. The molecule has 1 saturated heterocycles. The molecule has 1 unspecified atom stereocenters. The van der Waals surface area contributed by atoms with Gasteiger partial charge in [0.05, 0.1) is 19.8 Å². The lowest BCUT2D eigenvalue weighted by atomic mass is 9.95. The van der Waals surface area contributed by atoms with Crippen LogP contribution in [0.2, 0.25) is 0 Å². The maximum Gasteiger partial charge on any atom is 0.471 e. The first-order chi connectivity index (χ1) is 12.6. The molecule has 0 aliphatic carbocycles. The number of ether oxygens (including phenoxy) is 1. The van der Waals surface area contributed by atoms with Crippen LogP contribution in [-0.2, 0) is 9.59 Å².